The Morgan fingerprint density at radius 3 is 2.84 bits per heavy atom. The molecule has 1 fully saturated rings. The number of likely N-dealkylation sites (N-methyl/N-ethyl adjacent to an activating group) is 1. The molecule has 1 aromatic heterocycles. The Morgan fingerprint density at radius 2 is 2.16 bits per heavy atom. The minimum Gasteiger partial charge on any atom is -0.451 e. The number of likely N-dealkylation sites (tertiary alicyclic amines) is 1. The molecule has 2 aromatic rings. The molecular weight excluding hydrogens is 240 g/mol. The van der Waals surface area contributed by atoms with Gasteiger partial charge < -0.3 is 9.32 Å². The van der Waals surface area contributed by atoms with Crippen LogP contribution in [0, 0.1) is 5.92 Å². The first-order valence-electron chi connectivity index (χ1n) is 6.42. The fourth-order valence-corrected chi connectivity index (χ4v) is 2.77. The maximum absolute atomic E-state index is 12.3. The summed E-state index contributed by atoms with van der Waals surface area (Å²) in [4.78, 5) is 18.3. The van der Waals surface area contributed by atoms with Gasteiger partial charge in [0, 0.05) is 19.5 Å². The summed E-state index contributed by atoms with van der Waals surface area (Å²) in [6.45, 7) is 0.711. The quantitative estimate of drug-likeness (QED) is 0.844. The first kappa shape index (κ1) is 12.0. The van der Waals surface area contributed by atoms with E-state index in [1.54, 1.807) is 11.2 Å². The predicted octanol–water partition coefficient (Wildman–Crippen LogP) is 2.09. The largest absolute Gasteiger partial charge is 0.451 e. The molecule has 19 heavy (non-hydrogen) atoms. The third-order valence-electron chi connectivity index (χ3n) is 3.78. The van der Waals surface area contributed by atoms with Gasteiger partial charge in [0.2, 0.25) is 5.91 Å². The van der Waals surface area contributed by atoms with Gasteiger partial charge in [-0.3, -0.25) is 4.79 Å². The van der Waals surface area contributed by atoms with Crippen LogP contribution in [0.3, 0.4) is 0 Å². The van der Waals surface area contributed by atoms with E-state index in [0.717, 1.165) is 12.1 Å². The lowest BCUT2D eigenvalue weighted by atomic mass is 9.87. The minimum absolute atomic E-state index is 0.0440. The fraction of sp³-hybridized carbons (Fsp3) is 0.333. The van der Waals surface area contributed by atoms with Gasteiger partial charge in [-0.25, -0.2) is 4.98 Å². The second kappa shape index (κ2) is 4.88. The highest BCUT2D eigenvalue weighted by molar-refractivity contribution is 5.82. The van der Waals surface area contributed by atoms with Crippen LogP contribution in [0.4, 0.5) is 0 Å². The monoisotopic (exact) mass is 256 g/mol. The second-order valence-electron chi connectivity index (χ2n) is 5.03. The highest BCUT2D eigenvalue weighted by Crippen LogP contribution is 2.34. The van der Waals surface area contributed by atoms with Crippen LogP contribution < -0.4 is 0 Å². The van der Waals surface area contributed by atoms with Crippen molar-refractivity contribution < 1.29 is 9.21 Å². The Morgan fingerprint density at radius 1 is 1.37 bits per heavy atom. The Bertz CT molecular complexity index is 551. The van der Waals surface area contributed by atoms with Crippen molar-refractivity contribution in [3.8, 4) is 0 Å². The van der Waals surface area contributed by atoms with Crippen LogP contribution in [-0.4, -0.2) is 29.4 Å². The fourth-order valence-electron chi connectivity index (χ4n) is 2.77. The lowest BCUT2D eigenvalue weighted by Crippen LogP contribution is -2.23. The molecule has 3 rings (SSSR count). The normalized spacial score (nSPS) is 23.0. The van der Waals surface area contributed by atoms with E-state index in [4.69, 9.17) is 4.42 Å². The number of carbonyl (C=O) groups excluding carboxylic acids is 1. The van der Waals surface area contributed by atoms with Crippen LogP contribution >= 0.6 is 0 Å². The SMILES string of the molecule is CN1C[C@@H](c2cocn2)[C@@H](Cc2ccccc2)C1=O. The predicted molar refractivity (Wildman–Crippen MR) is 70.5 cm³/mol. The number of oxazole rings is 1. The standard InChI is InChI=1S/C15H16N2O2/c1-17-8-13(14-9-19-10-16-14)12(15(17)18)7-11-5-3-2-4-6-11/h2-6,9-10,12-13H,7-8H2,1H3/t12-,13-/m1/s1. The number of amides is 1. The molecule has 2 atom stereocenters. The number of nitrogens with zero attached hydrogens (tertiary/aromatic N) is 2. The Kier molecular flexibility index (Phi) is 3.07. The van der Waals surface area contributed by atoms with Crippen molar-refractivity contribution >= 4 is 5.91 Å². The molecule has 1 aliphatic rings. The van der Waals surface area contributed by atoms with Gasteiger partial charge in [-0.15, -0.1) is 0 Å². The average Bonchev–Trinajstić information content (AvgIpc) is 3.04. The van der Waals surface area contributed by atoms with Crippen molar-refractivity contribution in [3.63, 3.8) is 0 Å². The van der Waals surface area contributed by atoms with E-state index >= 15 is 0 Å². The van der Waals surface area contributed by atoms with Gasteiger partial charge in [-0.05, 0) is 12.0 Å². The van der Waals surface area contributed by atoms with Gasteiger partial charge >= 0.3 is 0 Å². The van der Waals surface area contributed by atoms with Gasteiger partial charge in [0.05, 0.1) is 11.6 Å². The van der Waals surface area contributed by atoms with Gasteiger partial charge in [-0.2, -0.15) is 0 Å². The maximum Gasteiger partial charge on any atom is 0.226 e. The zero-order valence-electron chi connectivity index (χ0n) is 10.8. The van der Waals surface area contributed by atoms with Gasteiger partial charge in [-0.1, -0.05) is 30.3 Å². The summed E-state index contributed by atoms with van der Waals surface area (Å²) in [5.74, 6) is 0.269. The molecule has 98 valence electrons. The number of carbonyl (C=O) groups is 1. The molecule has 1 aromatic carbocycles. The molecule has 2 heterocycles. The van der Waals surface area contributed by atoms with Crippen LogP contribution in [0.25, 0.3) is 0 Å². The van der Waals surface area contributed by atoms with Crippen molar-refractivity contribution in [2.45, 2.75) is 12.3 Å². The molecule has 0 bridgehead atoms. The summed E-state index contributed by atoms with van der Waals surface area (Å²) in [5, 5.41) is 0. The van der Waals surface area contributed by atoms with Gasteiger partial charge in [0.15, 0.2) is 6.39 Å². The van der Waals surface area contributed by atoms with Crippen molar-refractivity contribution in [1.82, 2.24) is 9.88 Å². The van der Waals surface area contributed by atoms with E-state index in [2.05, 4.69) is 17.1 Å². The maximum atomic E-state index is 12.3. The average molecular weight is 256 g/mol. The van der Waals surface area contributed by atoms with Crippen molar-refractivity contribution in [3.05, 3.63) is 54.2 Å². The topological polar surface area (TPSA) is 46.3 Å². The molecule has 0 N–H and O–H groups in total. The van der Waals surface area contributed by atoms with Crippen LogP contribution in [-0.2, 0) is 11.2 Å². The Balaban J connectivity index is 1.86. The Hall–Kier alpha value is -2.10. The van der Waals surface area contributed by atoms with Crippen LogP contribution in [0.1, 0.15) is 17.2 Å². The molecule has 0 radical (unpaired) electrons. The molecule has 4 nitrogen and oxygen atoms in total. The smallest absolute Gasteiger partial charge is 0.226 e. The minimum atomic E-state index is -0.0440. The molecule has 0 spiro atoms. The lowest BCUT2D eigenvalue weighted by Gasteiger charge is -2.14. The van der Waals surface area contributed by atoms with Crippen LogP contribution in [0.2, 0.25) is 0 Å². The zero-order valence-corrected chi connectivity index (χ0v) is 10.8. The number of benzene rings is 1. The summed E-state index contributed by atoms with van der Waals surface area (Å²) >= 11 is 0. The molecule has 1 aliphatic heterocycles. The number of rotatable bonds is 3. The summed E-state index contributed by atoms with van der Waals surface area (Å²) in [7, 11) is 1.85. The highest BCUT2D eigenvalue weighted by atomic mass is 16.3. The third-order valence-corrected chi connectivity index (χ3v) is 3.78. The van der Waals surface area contributed by atoms with E-state index < -0.39 is 0 Å². The summed E-state index contributed by atoms with van der Waals surface area (Å²) < 4.78 is 5.06. The third kappa shape index (κ3) is 2.26. The lowest BCUT2D eigenvalue weighted by molar-refractivity contribution is -0.129. The van der Waals surface area contributed by atoms with Gasteiger partial charge in [0.25, 0.3) is 0 Å². The molecule has 1 saturated heterocycles. The van der Waals surface area contributed by atoms with Crippen LogP contribution in [0.15, 0.2) is 47.4 Å². The second-order valence-corrected chi connectivity index (χ2v) is 5.03. The molecule has 0 unspecified atom stereocenters. The van der Waals surface area contributed by atoms with Crippen LogP contribution in [0.5, 0.6) is 0 Å². The summed E-state index contributed by atoms with van der Waals surface area (Å²) in [6, 6.07) is 10.1. The zero-order chi connectivity index (χ0) is 13.2. The van der Waals surface area contributed by atoms with Crippen molar-refractivity contribution in [1.29, 1.82) is 0 Å². The summed E-state index contributed by atoms with van der Waals surface area (Å²) in [5.41, 5.74) is 2.06. The first-order chi connectivity index (χ1) is 9.25. The van der Waals surface area contributed by atoms with E-state index in [9.17, 15) is 4.79 Å². The van der Waals surface area contributed by atoms with E-state index in [1.807, 2.05) is 25.2 Å². The van der Waals surface area contributed by atoms with Crippen molar-refractivity contribution in [2.75, 3.05) is 13.6 Å². The summed E-state index contributed by atoms with van der Waals surface area (Å²) in [6.07, 6.45) is 3.83. The number of hydrogen-bond donors (Lipinski definition) is 0. The molecule has 0 saturated carbocycles. The van der Waals surface area contributed by atoms with Crippen molar-refractivity contribution in [2.24, 2.45) is 5.92 Å². The molecule has 4 heteroatoms. The number of aromatic nitrogens is 1. The van der Waals surface area contributed by atoms with E-state index in [0.29, 0.717) is 6.54 Å². The molecule has 1 amide bonds. The molecule has 0 aliphatic carbocycles. The highest BCUT2D eigenvalue weighted by Gasteiger charge is 2.40. The molecular formula is C15H16N2O2. The van der Waals surface area contributed by atoms with Gasteiger partial charge in [0.1, 0.15) is 6.26 Å². The first-order valence-corrected chi connectivity index (χ1v) is 6.42. The Labute approximate surface area is 112 Å². The van der Waals surface area contributed by atoms with E-state index in [1.165, 1.54) is 12.0 Å². The van der Waals surface area contributed by atoms with E-state index in [-0.39, 0.29) is 17.7 Å². The number of hydrogen-bond acceptors (Lipinski definition) is 3.